The van der Waals surface area contributed by atoms with Crippen molar-refractivity contribution >= 4 is 9.52 Å². The van der Waals surface area contributed by atoms with Gasteiger partial charge in [-0.25, -0.2) is 0 Å². The fourth-order valence-corrected chi connectivity index (χ4v) is 0.558. The van der Waals surface area contributed by atoms with Gasteiger partial charge < -0.3 is 0 Å². The second-order valence-corrected chi connectivity index (χ2v) is 2.03. The van der Waals surface area contributed by atoms with Gasteiger partial charge >= 0.3 is 0 Å². The maximum Gasteiger partial charge on any atom is 0.0515 e. The Morgan fingerprint density at radius 1 is 1.83 bits per heavy atom. The van der Waals surface area contributed by atoms with Gasteiger partial charge in [0.2, 0.25) is 0 Å². The first-order valence-corrected chi connectivity index (χ1v) is 4.14. The summed E-state index contributed by atoms with van der Waals surface area (Å²) in [6.07, 6.45) is 3.28. The SMILES string of the molecule is [CH]=C/C=[C]/[SiH2]C. The van der Waals surface area contributed by atoms with Crippen molar-refractivity contribution in [2.24, 2.45) is 0 Å². The molecule has 0 bridgehead atoms. The van der Waals surface area contributed by atoms with E-state index in [0.717, 1.165) is 0 Å². The predicted octanol–water partition coefficient (Wildman–Crippen LogP) is 0.509. The third-order valence-electron chi connectivity index (χ3n) is 0.418. The highest BCUT2D eigenvalue weighted by atomic mass is 28.2. The Kier molecular flexibility index (Phi) is 4.46. The maximum atomic E-state index is 4.99. The first kappa shape index (κ1) is 5.70. The van der Waals surface area contributed by atoms with E-state index in [4.69, 9.17) is 6.58 Å². The maximum absolute atomic E-state index is 4.99. The van der Waals surface area contributed by atoms with Crippen LogP contribution in [-0.2, 0) is 0 Å². The van der Waals surface area contributed by atoms with Gasteiger partial charge in [0.05, 0.1) is 9.52 Å². The van der Waals surface area contributed by atoms with E-state index in [1.165, 1.54) is 6.08 Å². The second kappa shape index (κ2) is 4.70. The molecule has 0 amide bonds. The standard InChI is InChI=1S/C5H8Si/c1-3-4-5-6-2/h1,3-4H,6H2,2H3. The second-order valence-electron chi connectivity index (χ2n) is 0.917. The molecule has 0 fully saturated rings. The molecule has 6 heavy (non-hydrogen) atoms. The van der Waals surface area contributed by atoms with Crippen LogP contribution in [-0.4, -0.2) is 9.52 Å². The topological polar surface area (TPSA) is 0 Å². The van der Waals surface area contributed by atoms with Gasteiger partial charge in [-0.15, -0.1) is 0 Å². The van der Waals surface area contributed by atoms with Crippen molar-refractivity contribution in [2.45, 2.75) is 6.55 Å². The summed E-state index contributed by atoms with van der Waals surface area (Å²) in [5, 5.41) is 0. The lowest BCUT2D eigenvalue weighted by atomic mass is 10.6. The Balaban J connectivity index is 2.94. The van der Waals surface area contributed by atoms with Crippen molar-refractivity contribution in [1.82, 2.24) is 0 Å². The van der Waals surface area contributed by atoms with E-state index in [-0.39, 0.29) is 9.52 Å². The highest BCUT2D eigenvalue weighted by molar-refractivity contribution is 6.37. The number of hydrogen-bond acceptors (Lipinski definition) is 0. The van der Waals surface area contributed by atoms with Crippen molar-refractivity contribution in [3.63, 3.8) is 0 Å². The van der Waals surface area contributed by atoms with Crippen LogP contribution in [0.3, 0.4) is 0 Å². The Bertz CT molecular complexity index is 55.0. The smallest absolute Gasteiger partial charge is 0.0515 e. The molecule has 0 saturated carbocycles. The van der Waals surface area contributed by atoms with E-state index in [1.54, 1.807) is 6.08 Å². The van der Waals surface area contributed by atoms with Crippen LogP contribution in [0.4, 0.5) is 0 Å². The van der Waals surface area contributed by atoms with Crippen LogP contribution in [0.5, 0.6) is 0 Å². The van der Waals surface area contributed by atoms with Crippen LogP contribution in [0, 0.1) is 12.3 Å². The van der Waals surface area contributed by atoms with Crippen molar-refractivity contribution in [3.05, 3.63) is 24.4 Å². The Labute approximate surface area is 41.4 Å². The molecule has 0 saturated heterocycles. The summed E-state index contributed by atoms with van der Waals surface area (Å²) in [7, 11) is -0.0138. The first-order chi connectivity index (χ1) is 2.91. The number of hydrogen-bond donors (Lipinski definition) is 0. The molecule has 1 heteroatoms. The van der Waals surface area contributed by atoms with E-state index in [2.05, 4.69) is 12.2 Å². The molecule has 0 aromatic rings. The van der Waals surface area contributed by atoms with Crippen molar-refractivity contribution < 1.29 is 0 Å². The molecule has 0 atom stereocenters. The Morgan fingerprint density at radius 2 is 2.50 bits per heavy atom. The van der Waals surface area contributed by atoms with Crippen LogP contribution in [0.15, 0.2) is 12.2 Å². The van der Waals surface area contributed by atoms with Crippen molar-refractivity contribution in [1.29, 1.82) is 0 Å². The average Bonchev–Trinajstić information content (AvgIpc) is 1.61. The quantitative estimate of drug-likeness (QED) is 0.347. The fraction of sp³-hybridized carbons (Fsp3) is 0.200. The van der Waals surface area contributed by atoms with Gasteiger partial charge in [0, 0.05) is 0 Å². The lowest BCUT2D eigenvalue weighted by molar-refractivity contribution is 2.00. The zero-order valence-electron chi connectivity index (χ0n) is 3.94. The van der Waals surface area contributed by atoms with Crippen LogP contribution < -0.4 is 0 Å². The molecule has 0 unspecified atom stereocenters. The summed E-state index contributed by atoms with van der Waals surface area (Å²) in [5.41, 5.74) is 3.03. The molecule has 0 rings (SSSR count). The van der Waals surface area contributed by atoms with E-state index in [1.807, 2.05) is 0 Å². The van der Waals surface area contributed by atoms with Crippen LogP contribution in [0.2, 0.25) is 6.55 Å². The van der Waals surface area contributed by atoms with Gasteiger partial charge in [-0.1, -0.05) is 31.0 Å². The normalized spacial score (nSPS) is 11.5. The van der Waals surface area contributed by atoms with Crippen LogP contribution in [0.1, 0.15) is 0 Å². The summed E-state index contributed by atoms with van der Waals surface area (Å²) >= 11 is 0. The largest absolute Gasteiger partial charge is 0.0708 e. The first-order valence-electron chi connectivity index (χ1n) is 2.02. The van der Waals surface area contributed by atoms with Crippen molar-refractivity contribution in [3.8, 4) is 0 Å². The number of rotatable bonds is 2. The van der Waals surface area contributed by atoms with Gasteiger partial charge in [0.1, 0.15) is 0 Å². The van der Waals surface area contributed by atoms with E-state index < -0.39 is 0 Å². The molecule has 0 aliphatic heterocycles. The molecule has 2 radical (unpaired) electrons. The third-order valence-corrected chi connectivity index (χ3v) is 1.06. The molecule has 0 nitrogen and oxygen atoms in total. The molecule has 0 N–H and O–H groups in total. The zero-order valence-corrected chi connectivity index (χ0v) is 5.35. The minimum Gasteiger partial charge on any atom is -0.0708 e. The minimum atomic E-state index is -0.0138. The third kappa shape index (κ3) is 3.70. The lowest BCUT2D eigenvalue weighted by Gasteiger charge is -1.64. The Morgan fingerprint density at radius 3 is 2.67 bits per heavy atom. The molecule has 32 valence electrons. The van der Waals surface area contributed by atoms with Gasteiger partial charge in [-0.3, -0.25) is 0 Å². The minimum absolute atomic E-state index is 0.0138. The summed E-state index contributed by atoms with van der Waals surface area (Å²) in [6.45, 7) is 7.15. The van der Waals surface area contributed by atoms with Crippen LogP contribution in [0.25, 0.3) is 0 Å². The lowest BCUT2D eigenvalue weighted by Crippen LogP contribution is -1.67. The predicted molar refractivity (Wildman–Crippen MR) is 31.1 cm³/mol. The zero-order chi connectivity index (χ0) is 4.83. The van der Waals surface area contributed by atoms with Crippen molar-refractivity contribution in [2.75, 3.05) is 0 Å². The molecular weight excluding hydrogens is 88.1 g/mol. The summed E-state index contributed by atoms with van der Waals surface area (Å²) < 4.78 is 0. The molecule has 0 spiro atoms. The molecule has 0 aromatic carbocycles. The average molecular weight is 96.2 g/mol. The molecule has 0 aliphatic rings. The van der Waals surface area contributed by atoms with E-state index in [9.17, 15) is 0 Å². The molecule has 0 aliphatic carbocycles. The highest BCUT2D eigenvalue weighted by Crippen LogP contribution is 1.64. The van der Waals surface area contributed by atoms with Gasteiger partial charge in [-0.05, 0) is 0 Å². The van der Waals surface area contributed by atoms with Gasteiger partial charge in [0.15, 0.2) is 0 Å². The monoisotopic (exact) mass is 96.0 g/mol. The van der Waals surface area contributed by atoms with Crippen LogP contribution >= 0.6 is 0 Å². The highest BCUT2D eigenvalue weighted by Gasteiger charge is 1.58. The fourth-order valence-electron chi connectivity index (χ4n) is 0.186. The summed E-state index contributed by atoms with van der Waals surface area (Å²) in [6, 6.07) is 0. The number of allylic oxidation sites excluding steroid dienone is 2. The summed E-state index contributed by atoms with van der Waals surface area (Å²) in [4.78, 5) is 0. The molecule has 0 aromatic heterocycles. The molecular formula is C5H8Si. The Hall–Kier alpha value is -0.303. The van der Waals surface area contributed by atoms with E-state index >= 15 is 0 Å². The molecule has 0 heterocycles. The summed E-state index contributed by atoms with van der Waals surface area (Å²) in [5.74, 6) is 0. The van der Waals surface area contributed by atoms with Gasteiger partial charge in [-0.2, -0.15) is 0 Å². The van der Waals surface area contributed by atoms with E-state index in [0.29, 0.717) is 0 Å². The van der Waals surface area contributed by atoms with Gasteiger partial charge in [0.25, 0.3) is 0 Å².